The smallest absolute Gasteiger partial charge is 0.261 e. The van der Waals surface area contributed by atoms with E-state index in [4.69, 9.17) is 21.7 Å². The average molecular weight is 430 g/mol. The van der Waals surface area contributed by atoms with Crippen molar-refractivity contribution in [3.63, 3.8) is 0 Å². The summed E-state index contributed by atoms with van der Waals surface area (Å²) in [5, 5.41) is 8.49. The molecule has 0 atom stereocenters. The van der Waals surface area contributed by atoms with Gasteiger partial charge in [-0.1, -0.05) is 26.0 Å². The molecule has 2 rings (SSSR count). The van der Waals surface area contributed by atoms with Crippen LogP contribution in [0.1, 0.15) is 34.6 Å². The van der Waals surface area contributed by atoms with E-state index in [2.05, 4.69) is 16.0 Å². The number of hydrogen-bond donors (Lipinski definition) is 3. The summed E-state index contributed by atoms with van der Waals surface area (Å²) in [5.74, 6) is 0.303. The van der Waals surface area contributed by atoms with Crippen LogP contribution in [0.25, 0.3) is 0 Å². The Labute approximate surface area is 182 Å². The standard InChI is InChI=1S/C22H27N3O4S/c1-15(2)14-29-19-7-5-4-6-18(19)21(27)25-22(30)24-17-10-8-16(9-11-17)20(26)23-12-13-28-3/h4-11,15H,12-14H2,1-3H3,(H,23,26)(H2,24,25,27,30). The number of methoxy groups -OCH3 is 1. The third-order valence-corrected chi connectivity index (χ3v) is 4.13. The number of carbonyl (C=O) groups excluding carboxylic acids is 2. The minimum Gasteiger partial charge on any atom is -0.492 e. The van der Waals surface area contributed by atoms with Gasteiger partial charge in [-0.05, 0) is 54.5 Å². The van der Waals surface area contributed by atoms with E-state index >= 15 is 0 Å². The highest BCUT2D eigenvalue weighted by molar-refractivity contribution is 7.80. The topological polar surface area (TPSA) is 88.7 Å². The van der Waals surface area contributed by atoms with Crippen molar-refractivity contribution in [2.75, 3.05) is 32.2 Å². The highest BCUT2D eigenvalue weighted by Crippen LogP contribution is 2.19. The molecular formula is C22H27N3O4S. The fourth-order valence-corrected chi connectivity index (χ4v) is 2.65. The molecule has 0 unspecified atom stereocenters. The maximum absolute atomic E-state index is 12.6. The molecule has 2 amide bonds. The van der Waals surface area contributed by atoms with E-state index in [1.807, 2.05) is 19.9 Å². The van der Waals surface area contributed by atoms with Crippen molar-refractivity contribution < 1.29 is 19.1 Å². The van der Waals surface area contributed by atoms with Crippen LogP contribution in [0.4, 0.5) is 5.69 Å². The van der Waals surface area contributed by atoms with E-state index in [-0.39, 0.29) is 16.9 Å². The van der Waals surface area contributed by atoms with E-state index in [0.29, 0.717) is 48.2 Å². The SMILES string of the molecule is COCCNC(=O)c1ccc(NC(=S)NC(=O)c2ccccc2OCC(C)C)cc1. The van der Waals surface area contributed by atoms with E-state index in [1.54, 1.807) is 49.6 Å². The summed E-state index contributed by atoms with van der Waals surface area (Å²) in [7, 11) is 1.57. The van der Waals surface area contributed by atoms with Gasteiger partial charge in [-0.25, -0.2) is 0 Å². The van der Waals surface area contributed by atoms with E-state index < -0.39 is 0 Å². The van der Waals surface area contributed by atoms with Crippen LogP contribution in [-0.4, -0.2) is 43.8 Å². The van der Waals surface area contributed by atoms with Gasteiger partial charge in [0.15, 0.2) is 5.11 Å². The van der Waals surface area contributed by atoms with Crippen LogP contribution < -0.4 is 20.7 Å². The number of thiocarbonyl (C=S) groups is 1. The van der Waals surface area contributed by atoms with Crippen molar-refractivity contribution in [3.8, 4) is 5.75 Å². The summed E-state index contributed by atoms with van der Waals surface area (Å²) in [6.45, 7) is 5.48. The summed E-state index contributed by atoms with van der Waals surface area (Å²) in [4.78, 5) is 24.6. The zero-order valence-electron chi connectivity index (χ0n) is 17.4. The third kappa shape index (κ3) is 7.46. The minimum absolute atomic E-state index is 0.149. The number of ether oxygens (including phenoxy) is 2. The lowest BCUT2D eigenvalue weighted by Gasteiger charge is -2.14. The number of carbonyl (C=O) groups is 2. The van der Waals surface area contributed by atoms with Crippen LogP contribution in [-0.2, 0) is 4.74 Å². The van der Waals surface area contributed by atoms with E-state index in [1.165, 1.54) is 0 Å². The summed E-state index contributed by atoms with van der Waals surface area (Å²) in [6, 6.07) is 13.8. The molecule has 0 aliphatic heterocycles. The van der Waals surface area contributed by atoms with Gasteiger partial charge >= 0.3 is 0 Å². The van der Waals surface area contributed by atoms with Gasteiger partial charge in [0.1, 0.15) is 5.75 Å². The predicted molar refractivity (Wildman–Crippen MR) is 121 cm³/mol. The van der Waals surface area contributed by atoms with Crippen LogP contribution in [0, 0.1) is 5.92 Å². The molecule has 160 valence electrons. The van der Waals surface area contributed by atoms with E-state index in [0.717, 1.165) is 0 Å². The summed E-state index contributed by atoms with van der Waals surface area (Å²) >= 11 is 5.24. The quantitative estimate of drug-likeness (QED) is 0.419. The second-order valence-electron chi connectivity index (χ2n) is 6.94. The number of nitrogens with one attached hydrogen (secondary N) is 3. The van der Waals surface area contributed by atoms with Crippen LogP contribution in [0.5, 0.6) is 5.75 Å². The van der Waals surface area contributed by atoms with Crippen LogP contribution in [0.15, 0.2) is 48.5 Å². The highest BCUT2D eigenvalue weighted by Gasteiger charge is 2.14. The fraction of sp³-hybridized carbons (Fsp3) is 0.318. The second-order valence-corrected chi connectivity index (χ2v) is 7.34. The van der Waals surface area contributed by atoms with Gasteiger partial charge in [0.2, 0.25) is 0 Å². The number of para-hydroxylation sites is 1. The van der Waals surface area contributed by atoms with Crippen LogP contribution in [0.2, 0.25) is 0 Å². The van der Waals surface area contributed by atoms with Crippen LogP contribution in [0.3, 0.4) is 0 Å². The van der Waals surface area contributed by atoms with Gasteiger partial charge < -0.3 is 20.1 Å². The van der Waals surface area contributed by atoms with Crippen molar-refractivity contribution in [1.82, 2.24) is 10.6 Å². The molecule has 0 aliphatic carbocycles. The number of anilines is 1. The minimum atomic E-state index is -0.360. The summed E-state index contributed by atoms with van der Waals surface area (Å²) in [5.41, 5.74) is 1.58. The molecule has 0 radical (unpaired) electrons. The fourth-order valence-electron chi connectivity index (χ4n) is 2.44. The first-order chi connectivity index (χ1) is 14.4. The van der Waals surface area contributed by atoms with Gasteiger partial charge in [0.05, 0.1) is 18.8 Å². The Morgan fingerprint density at radius 3 is 2.40 bits per heavy atom. The van der Waals surface area contributed by atoms with Gasteiger partial charge in [-0.15, -0.1) is 0 Å². The van der Waals surface area contributed by atoms with Gasteiger partial charge in [-0.2, -0.15) is 0 Å². The molecule has 0 bridgehead atoms. The third-order valence-electron chi connectivity index (χ3n) is 3.93. The zero-order valence-corrected chi connectivity index (χ0v) is 18.2. The lowest BCUT2D eigenvalue weighted by molar-refractivity contribution is 0.0935. The Morgan fingerprint density at radius 1 is 1.03 bits per heavy atom. The van der Waals surface area contributed by atoms with Gasteiger partial charge in [0.25, 0.3) is 11.8 Å². The summed E-state index contributed by atoms with van der Waals surface area (Å²) in [6.07, 6.45) is 0. The van der Waals surface area contributed by atoms with Gasteiger partial charge in [-0.3, -0.25) is 14.9 Å². The molecule has 0 aromatic heterocycles. The number of hydrogen-bond acceptors (Lipinski definition) is 5. The van der Waals surface area contributed by atoms with Crippen molar-refractivity contribution in [2.24, 2.45) is 5.92 Å². The molecule has 2 aromatic rings. The molecule has 2 aromatic carbocycles. The van der Waals surface area contributed by atoms with Crippen molar-refractivity contribution >= 4 is 34.8 Å². The Balaban J connectivity index is 1.93. The Morgan fingerprint density at radius 2 is 1.73 bits per heavy atom. The largest absolute Gasteiger partial charge is 0.492 e. The molecule has 7 nitrogen and oxygen atoms in total. The number of benzene rings is 2. The monoisotopic (exact) mass is 429 g/mol. The maximum atomic E-state index is 12.6. The first-order valence-corrected chi connectivity index (χ1v) is 10.0. The molecule has 0 spiro atoms. The van der Waals surface area contributed by atoms with Crippen LogP contribution >= 0.6 is 12.2 Å². The van der Waals surface area contributed by atoms with Crippen molar-refractivity contribution in [2.45, 2.75) is 13.8 Å². The van der Waals surface area contributed by atoms with Crippen molar-refractivity contribution in [3.05, 3.63) is 59.7 Å². The van der Waals surface area contributed by atoms with Gasteiger partial charge in [0, 0.05) is 24.9 Å². The first-order valence-electron chi connectivity index (χ1n) is 9.62. The maximum Gasteiger partial charge on any atom is 0.261 e. The Hall–Kier alpha value is -2.97. The molecule has 0 saturated carbocycles. The molecule has 0 heterocycles. The number of rotatable bonds is 9. The Bertz CT molecular complexity index is 869. The lowest BCUT2D eigenvalue weighted by Crippen LogP contribution is -2.34. The molecule has 0 saturated heterocycles. The molecule has 30 heavy (non-hydrogen) atoms. The normalized spacial score (nSPS) is 10.4. The lowest BCUT2D eigenvalue weighted by atomic mass is 10.2. The predicted octanol–water partition coefficient (Wildman–Crippen LogP) is 3.22. The molecular weight excluding hydrogens is 402 g/mol. The molecule has 3 N–H and O–H groups in total. The highest BCUT2D eigenvalue weighted by atomic mass is 32.1. The summed E-state index contributed by atoms with van der Waals surface area (Å²) < 4.78 is 10.6. The Kier molecular flexibility index (Phi) is 9.24. The first kappa shape index (κ1) is 23.3. The molecule has 0 fully saturated rings. The second kappa shape index (κ2) is 11.9. The molecule has 8 heteroatoms. The average Bonchev–Trinajstić information content (AvgIpc) is 2.73. The zero-order chi connectivity index (χ0) is 21.9. The number of amides is 2. The van der Waals surface area contributed by atoms with Crippen molar-refractivity contribution in [1.29, 1.82) is 0 Å². The molecule has 0 aliphatic rings. The van der Waals surface area contributed by atoms with E-state index in [9.17, 15) is 9.59 Å².